The first-order chi connectivity index (χ1) is 20.1. The second-order valence-corrected chi connectivity index (χ2v) is 9.88. The lowest BCUT2D eigenvalue weighted by molar-refractivity contribution is -0.138. The van der Waals surface area contributed by atoms with Crippen LogP contribution in [0.2, 0.25) is 0 Å². The lowest BCUT2D eigenvalue weighted by Crippen LogP contribution is -2.50. The molecule has 1 N–H and O–H groups in total. The number of hydrogen-bond acceptors (Lipinski definition) is 4. The van der Waals surface area contributed by atoms with Crippen LogP contribution >= 0.6 is 0 Å². The van der Waals surface area contributed by atoms with Crippen molar-refractivity contribution in [3.8, 4) is 6.07 Å². The minimum Gasteiger partial charge on any atom is -0.351 e. The van der Waals surface area contributed by atoms with Crippen LogP contribution in [0.3, 0.4) is 0 Å². The van der Waals surface area contributed by atoms with Crippen molar-refractivity contribution in [3.63, 3.8) is 0 Å². The monoisotopic (exact) mass is 599 g/mol. The summed E-state index contributed by atoms with van der Waals surface area (Å²) in [7, 11) is 0. The average Bonchev–Trinajstić information content (AvgIpc) is 2.95. The van der Waals surface area contributed by atoms with Crippen LogP contribution in [-0.4, -0.2) is 17.6 Å². The highest BCUT2D eigenvalue weighted by Crippen LogP contribution is 2.43. The number of nitriles is 1. The van der Waals surface area contributed by atoms with Gasteiger partial charge in [-0.25, -0.2) is 0 Å². The molecule has 0 radical (unpaired) electrons. The van der Waals surface area contributed by atoms with E-state index < -0.39 is 59.5 Å². The highest BCUT2D eigenvalue weighted by Gasteiger charge is 2.47. The molecule has 0 aliphatic carbocycles. The molecule has 6 nitrogen and oxygen atoms in total. The summed E-state index contributed by atoms with van der Waals surface area (Å²) in [6, 6.07) is 15.7. The van der Waals surface area contributed by atoms with Crippen molar-refractivity contribution < 1.29 is 40.7 Å². The number of benzene rings is 3. The lowest BCUT2D eigenvalue weighted by Gasteiger charge is -2.39. The third-order valence-electron chi connectivity index (χ3n) is 7.07. The van der Waals surface area contributed by atoms with Gasteiger partial charge in [0.1, 0.15) is 5.92 Å². The van der Waals surface area contributed by atoms with E-state index in [1.165, 1.54) is 50.2 Å². The smallest absolute Gasteiger partial charge is 0.351 e. The van der Waals surface area contributed by atoms with Gasteiger partial charge in [0.25, 0.3) is 0 Å². The number of halogens is 6. The highest BCUT2D eigenvalue weighted by molar-refractivity contribution is 6.15. The van der Waals surface area contributed by atoms with Crippen LogP contribution in [0.5, 0.6) is 0 Å². The molecule has 3 aromatic rings. The van der Waals surface area contributed by atoms with Gasteiger partial charge >= 0.3 is 12.4 Å². The molecule has 3 aromatic carbocycles. The van der Waals surface area contributed by atoms with Gasteiger partial charge in [-0.15, -0.1) is 0 Å². The van der Waals surface area contributed by atoms with Gasteiger partial charge in [0.15, 0.2) is 5.78 Å². The van der Waals surface area contributed by atoms with E-state index in [0.717, 1.165) is 41.3 Å². The standard InChI is InChI=1S/C31H23F6N3O3/c1-17-25(18(2)41)26(21-11-9-19(15-38)10-12-21)27(28(42)39-16-20-5-3-6-22(13-20)30(32,33)34)29(43)40(17)24-8-4-7-23(14-24)31(35,36)37/h3-14,26-27H,16H2,1-2H3,(H,39,42). The SMILES string of the molecule is CC(=O)C1=C(C)N(c2cccc(C(F)(F)F)c2)C(=O)C(C(=O)NCc2cccc(C(F)(F)F)c2)C1c1ccc(C#N)cc1. The molecule has 1 aliphatic heterocycles. The summed E-state index contributed by atoms with van der Waals surface area (Å²) in [6.45, 7) is 2.16. The molecule has 0 fully saturated rings. The van der Waals surface area contributed by atoms with Crippen LogP contribution < -0.4 is 10.2 Å². The normalized spacial score (nSPS) is 17.5. The Morgan fingerprint density at radius 1 is 0.907 bits per heavy atom. The Morgan fingerprint density at radius 3 is 2.05 bits per heavy atom. The highest BCUT2D eigenvalue weighted by atomic mass is 19.4. The fourth-order valence-corrected chi connectivity index (χ4v) is 5.12. The molecule has 12 heteroatoms. The van der Waals surface area contributed by atoms with Crippen LogP contribution in [0.25, 0.3) is 0 Å². The van der Waals surface area contributed by atoms with Gasteiger partial charge in [-0.2, -0.15) is 31.6 Å². The van der Waals surface area contributed by atoms with Gasteiger partial charge in [0.05, 0.1) is 22.8 Å². The van der Waals surface area contributed by atoms with E-state index in [-0.39, 0.29) is 28.1 Å². The van der Waals surface area contributed by atoms with Crippen LogP contribution in [0, 0.1) is 17.2 Å². The third kappa shape index (κ3) is 6.45. The number of carbonyl (C=O) groups is 3. The molecule has 2 unspecified atom stereocenters. The van der Waals surface area contributed by atoms with Crippen molar-refractivity contribution >= 4 is 23.3 Å². The number of carbonyl (C=O) groups excluding carboxylic acids is 3. The molecular weight excluding hydrogens is 576 g/mol. The van der Waals surface area contributed by atoms with Crippen LogP contribution in [0.1, 0.15) is 47.6 Å². The van der Waals surface area contributed by atoms with E-state index >= 15 is 0 Å². The number of allylic oxidation sites excluding steroid dienone is 2. The maximum absolute atomic E-state index is 14.0. The number of hydrogen-bond donors (Lipinski definition) is 1. The summed E-state index contributed by atoms with van der Waals surface area (Å²) in [6.07, 6.45) is -9.38. The molecule has 0 saturated carbocycles. The molecule has 2 atom stereocenters. The van der Waals surface area contributed by atoms with Gasteiger partial charge in [-0.05, 0) is 67.4 Å². The first-order valence-electron chi connectivity index (χ1n) is 12.8. The number of Topliss-reactive ketones (excluding diaryl/α,β-unsaturated/α-hetero) is 1. The van der Waals surface area contributed by atoms with E-state index in [1.54, 1.807) is 0 Å². The second kappa shape index (κ2) is 11.8. The second-order valence-electron chi connectivity index (χ2n) is 9.88. The molecule has 0 aromatic heterocycles. The summed E-state index contributed by atoms with van der Waals surface area (Å²) in [5.74, 6) is -5.37. The number of nitrogens with one attached hydrogen (secondary N) is 1. The Hall–Kier alpha value is -4.92. The van der Waals surface area contributed by atoms with Gasteiger partial charge in [-0.1, -0.05) is 30.3 Å². The summed E-state index contributed by atoms with van der Waals surface area (Å²) in [5.41, 5.74) is -1.62. The number of nitrogens with zero attached hydrogens (tertiary/aromatic N) is 2. The van der Waals surface area contributed by atoms with Crippen molar-refractivity contribution in [2.24, 2.45) is 5.92 Å². The Kier molecular flexibility index (Phi) is 8.48. The van der Waals surface area contributed by atoms with E-state index in [1.807, 2.05) is 6.07 Å². The minimum atomic E-state index is -4.75. The number of alkyl halides is 6. The Balaban J connectivity index is 1.83. The zero-order valence-corrected chi connectivity index (χ0v) is 22.7. The molecule has 0 bridgehead atoms. The summed E-state index contributed by atoms with van der Waals surface area (Å²) in [4.78, 5) is 41.7. The molecule has 2 amide bonds. The van der Waals surface area contributed by atoms with E-state index in [4.69, 9.17) is 0 Å². The largest absolute Gasteiger partial charge is 0.416 e. The van der Waals surface area contributed by atoms with Gasteiger partial charge < -0.3 is 5.32 Å². The molecule has 222 valence electrons. The predicted molar refractivity (Wildman–Crippen MR) is 143 cm³/mol. The van der Waals surface area contributed by atoms with Crippen molar-refractivity contribution in [2.45, 2.75) is 38.7 Å². The number of amides is 2. The lowest BCUT2D eigenvalue weighted by atomic mass is 9.74. The molecule has 1 heterocycles. The summed E-state index contributed by atoms with van der Waals surface area (Å²) < 4.78 is 80.2. The fraction of sp³-hybridized carbons (Fsp3) is 0.226. The predicted octanol–water partition coefficient (Wildman–Crippen LogP) is 6.52. The molecule has 4 rings (SSSR count). The van der Waals surface area contributed by atoms with Crippen molar-refractivity contribution in [3.05, 3.63) is 112 Å². The number of anilines is 1. The first-order valence-corrected chi connectivity index (χ1v) is 12.8. The minimum absolute atomic E-state index is 0.00751. The van der Waals surface area contributed by atoms with Gasteiger partial charge in [0, 0.05) is 29.4 Å². The number of ketones is 1. The maximum Gasteiger partial charge on any atom is 0.416 e. The van der Waals surface area contributed by atoms with E-state index in [0.29, 0.717) is 5.56 Å². The third-order valence-corrected chi connectivity index (χ3v) is 7.07. The molecule has 1 aliphatic rings. The van der Waals surface area contributed by atoms with Gasteiger partial charge in [0.2, 0.25) is 11.8 Å². The zero-order chi connectivity index (χ0) is 31.7. The summed E-state index contributed by atoms with van der Waals surface area (Å²) in [5, 5.41) is 11.7. The topological polar surface area (TPSA) is 90.3 Å². The maximum atomic E-state index is 14.0. The van der Waals surface area contributed by atoms with Crippen molar-refractivity contribution in [1.82, 2.24) is 5.32 Å². The number of rotatable bonds is 6. The average molecular weight is 600 g/mol. The zero-order valence-electron chi connectivity index (χ0n) is 22.7. The van der Waals surface area contributed by atoms with Crippen LogP contribution in [-0.2, 0) is 33.3 Å². The van der Waals surface area contributed by atoms with E-state index in [9.17, 15) is 46.0 Å². The van der Waals surface area contributed by atoms with Gasteiger partial charge in [-0.3, -0.25) is 19.3 Å². The Bertz CT molecular complexity index is 1650. The van der Waals surface area contributed by atoms with Crippen molar-refractivity contribution in [2.75, 3.05) is 4.90 Å². The Morgan fingerprint density at radius 2 is 1.49 bits per heavy atom. The quantitative estimate of drug-likeness (QED) is 0.258. The molecule has 0 saturated heterocycles. The summed E-state index contributed by atoms with van der Waals surface area (Å²) >= 11 is 0. The van der Waals surface area contributed by atoms with Crippen molar-refractivity contribution in [1.29, 1.82) is 5.26 Å². The van der Waals surface area contributed by atoms with E-state index in [2.05, 4.69) is 5.32 Å². The molecule has 0 spiro atoms. The molecular formula is C31H23F6N3O3. The first kappa shape index (κ1) is 31.0. The molecule has 43 heavy (non-hydrogen) atoms. The van der Waals surface area contributed by atoms with Crippen LogP contribution in [0.4, 0.5) is 32.0 Å². The van der Waals surface area contributed by atoms with Crippen LogP contribution in [0.15, 0.2) is 84.1 Å². The fourth-order valence-electron chi connectivity index (χ4n) is 5.12. The Labute approximate surface area is 242 Å².